The monoisotopic (exact) mass is 550 g/mol. The molecule has 4 rings (SSSR count). The number of aromatic nitrogens is 3. The van der Waals surface area contributed by atoms with E-state index in [0.717, 1.165) is 36.1 Å². The molecule has 0 saturated carbocycles. The summed E-state index contributed by atoms with van der Waals surface area (Å²) in [5.74, 6) is 2.41. The van der Waals surface area contributed by atoms with Crippen molar-refractivity contribution in [2.45, 2.75) is 71.7 Å². The van der Waals surface area contributed by atoms with E-state index < -0.39 is 6.04 Å². The van der Waals surface area contributed by atoms with Crippen LogP contribution in [0.4, 0.5) is 5.95 Å². The van der Waals surface area contributed by atoms with Gasteiger partial charge in [0, 0.05) is 11.4 Å². The molecule has 1 unspecified atom stereocenters. The third-order valence-corrected chi connectivity index (χ3v) is 7.20. The van der Waals surface area contributed by atoms with Crippen molar-refractivity contribution >= 4 is 23.7 Å². The number of carbonyl (C=O) groups is 1. The minimum atomic E-state index is -0.524. The predicted molar refractivity (Wildman–Crippen MR) is 154 cm³/mol. The standard InChI is InChI=1S/C30H38N4O4S/c1-6-9-16-39-30-32-29-31-21(5)26(28(35)37-15-7-2)27(34(29)33-30)23-13-14-24(25(18-23)36-8-3)38-19-22-12-10-11-20(4)17-22/h10-14,17-18,27H,6-9,15-16,19H2,1-5H3,(H,31,32,33). The normalized spacial score (nSPS) is 14.5. The van der Waals surface area contributed by atoms with E-state index in [1.54, 1.807) is 16.4 Å². The fourth-order valence-corrected chi connectivity index (χ4v) is 5.30. The molecule has 1 aliphatic rings. The minimum Gasteiger partial charge on any atom is -0.490 e. The van der Waals surface area contributed by atoms with Gasteiger partial charge in [0.15, 0.2) is 11.5 Å². The Bertz CT molecular complexity index is 1320. The molecule has 1 aliphatic heterocycles. The Morgan fingerprint density at radius 1 is 1.05 bits per heavy atom. The predicted octanol–water partition coefficient (Wildman–Crippen LogP) is 6.70. The van der Waals surface area contributed by atoms with Crippen LogP contribution in [0, 0.1) is 6.92 Å². The average Bonchev–Trinajstić information content (AvgIpc) is 3.32. The van der Waals surface area contributed by atoms with Crippen molar-refractivity contribution in [2.75, 3.05) is 24.3 Å². The van der Waals surface area contributed by atoms with E-state index in [9.17, 15) is 4.79 Å². The second-order valence-electron chi connectivity index (χ2n) is 9.48. The Kier molecular flexibility index (Phi) is 9.92. The summed E-state index contributed by atoms with van der Waals surface area (Å²) in [5.41, 5.74) is 4.30. The highest BCUT2D eigenvalue weighted by Crippen LogP contribution is 2.40. The summed E-state index contributed by atoms with van der Waals surface area (Å²) >= 11 is 1.62. The van der Waals surface area contributed by atoms with Crippen molar-refractivity contribution in [1.82, 2.24) is 14.8 Å². The molecule has 1 N–H and O–H groups in total. The van der Waals surface area contributed by atoms with Gasteiger partial charge in [-0.3, -0.25) is 0 Å². The van der Waals surface area contributed by atoms with E-state index in [-0.39, 0.29) is 5.97 Å². The molecule has 0 bridgehead atoms. The van der Waals surface area contributed by atoms with Crippen LogP contribution >= 0.6 is 11.8 Å². The second kappa shape index (κ2) is 13.6. The first-order valence-electron chi connectivity index (χ1n) is 13.6. The number of fused-ring (bicyclic) bond motifs is 1. The van der Waals surface area contributed by atoms with Gasteiger partial charge in [0.1, 0.15) is 12.6 Å². The van der Waals surface area contributed by atoms with Crippen LogP contribution in [0.15, 0.2) is 58.9 Å². The minimum absolute atomic E-state index is 0.348. The first-order valence-corrected chi connectivity index (χ1v) is 14.6. The molecule has 1 aromatic heterocycles. The van der Waals surface area contributed by atoms with Crippen LogP contribution in [0.2, 0.25) is 0 Å². The van der Waals surface area contributed by atoms with Crippen molar-refractivity contribution in [3.8, 4) is 11.5 Å². The maximum Gasteiger partial charge on any atom is 0.338 e. The van der Waals surface area contributed by atoms with Crippen molar-refractivity contribution in [3.05, 3.63) is 70.4 Å². The fraction of sp³-hybridized carbons (Fsp3) is 0.433. The molecule has 208 valence electrons. The van der Waals surface area contributed by atoms with Crippen LogP contribution in [0.25, 0.3) is 0 Å². The SMILES string of the molecule is CCCCSc1nc2n(n1)C(c1ccc(OCc3cccc(C)c3)c(OCC)c1)C(C(=O)OCCC)=C(C)N2. The Morgan fingerprint density at radius 2 is 1.90 bits per heavy atom. The van der Waals surface area contributed by atoms with Crippen molar-refractivity contribution < 1.29 is 19.0 Å². The lowest BCUT2D eigenvalue weighted by Crippen LogP contribution is -2.29. The number of unbranched alkanes of at least 4 members (excludes halogenated alkanes) is 1. The smallest absolute Gasteiger partial charge is 0.338 e. The molecule has 0 radical (unpaired) electrons. The molecule has 1 atom stereocenters. The highest BCUT2D eigenvalue weighted by atomic mass is 32.2. The molecule has 2 heterocycles. The lowest BCUT2D eigenvalue weighted by molar-refractivity contribution is -0.139. The number of esters is 1. The number of aryl methyl sites for hydroxylation is 1. The van der Waals surface area contributed by atoms with E-state index in [1.165, 1.54) is 5.56 Å². The number of hydrogen-bond donors (Lipinski definition) is 1. The topological polar surface area (TPSA) is 87.5 Å². The zero-order chi connectivity index (χ0) is 27.8. The number of thioether (sulfide) groups is 1. The number of benzene rings is 2. The third kappa shape index (κ3) is 6.95. The van der Waals surface area contributed by atoms with Gasteiger partial charge in [-0.2, -0.15) is 4.98 Å². The van der Waals surface area contributed by atoms with Gasteiger partial charge in [0.2, 0.25) is 11.1 Å². The number of carbonyl (C=O) groups excluding carboxylic acids is 1. The molecule has 3 aromatic rings. The van der Waals surface area contributed by atoms with E-state index >= 15 is 0 Å². The lowest BCUT2D eigenvalue weighted by Gasteiger charge is -2.28. The largest absolute Gasteiger partial charge is 0.490 e. The van der Waals surface area contributed by atoms with Crippen LogP contribution in [0.1, 0.15) is 69.7 Å². The molecule has 0 spiro atoms. The summed E-state index contributed by atoms with van der Waals surface area (Å²) in [4.78, 5) is 18.0. The van der Waals surface area contributed by atoms with Crippen molar-refractivity contribution in [1.29, 1.82) is 0 Å². The zero-order valence-corrected chi connectivity index (χ0v) is 24.3. The second-order valence-corrected chi connectivity index (χ2v) is 10.5. The number of rotatable bonds is 13. The molecule has 39 heavy (non-hydrogen) atoms. The fourth-order valence-electron chi connectivity index (χ4n) is 4.39. The van der Waals surface area contributed by atoms with Crippen LogP contribution < -0.4 is 14.8 Å². The molecular formula is C30H38N4O4S. The number of anilines is 1. The lowest BCUT2D eigenvalue weighted by atomic mass is 9.95. The van der Waals surface area contributed by atoms with Crippen LogP contribution in [-0.4, -0.2) is 39.7 Å². The van der Waals surface area contributed by atoms with Crippen molar-refractivity contribution in [2.24, 2.45) is 0 Å². The third-order valence-electron chi connectivity index (χ3n) is 6.28. The Hall–Kier alpha value is -3.46. The summed E-state index contributed by atoms with van der Waals surface area (Å²) in [6, 6.07) is 13.5. The molecule has 9 heteroatoms. The van der Waals surface area contributed by atoms with Gasteiger partial charge < -0.3 is 19.5 Å². The Morgan fingerprint density at radius 3 is 2.64 bits per heavy atom. The van der Waals surface area contributed by atoms with Gasteiger partial charge >= 0.3 is 5.97 Å². The summed E-state index contributed by atoms with van der Waals surface area (Å²) < 4.78 is 19.5. The van der Waals surface area contributed by atoms with Gasteiger partial charge in [-0.05, 0) is 56.9 Å². The highest BCUT2D eigenvalue weighted by molar-refractivity contribution is 7.99. The maximum absolute atomic E-state index is 13.3. The average molecular weight is 551 g/mol. The maximum atomic E-state index is 13.3. The molecule has 8 nitrogen and oxygen atoms in total. The summed E-state index contributed by atoms with van der Waals surface area (Å²) in [6.07, 6.45) is 2.93. The zero-order valence-electron chi connectivity index (χ0n) is 23.5. The number of nitrogens with one attached hydrogen (secondary N) is 1. The summed E-state index contributed by atoms with van der Waals surface area (Å²) in [5, 5.41) is 8.75. The Balaban J connectivity index is 1.70. The van der Waals surface area contributed by atoms with E-state index in [2.05, 4.69) is 31.3 Å². The number of nitrogens with zero attached hydrogens (tertiary/aromatic N) is 3. The highest BCUT2D eigenvalue weighted by Gasteiger charge is 2.35. The molecule has 0 aliphatic carbocycles. The van der Waals surface area contributed by atoms with E-state index in [1.807, 2.05) is 51.1 Å². The number of allylic oxidation sites excluding steroid dienone is 1. The van der Waals surface area contributed by atoms with Crippen LogP contribution in [-0.2, 0) is 16.1 Å². The van der Waals surface area contributed by atoms with Crippen LogP contribution in [0.3, 0.4) is 0 Å². The van der Waals surface area contributed by atoms with Crippen molar-refractivity contribution in [3.63, 3.8) is 0 Å². The molecule has 0 fully saturated rings. The Labute approximate surface area is 235 Å². The molecule has 0 amide bonds. The quantitative estimate of drug-likeness (QED) is 0.143. The number of ether oxygens (including phenoxy) is 3. The van der Waals surface area contributed by atoms with Gasteiger partial charge in [-0.1, -0.05) is 67.9 Å². The van der Waals surface area contributed by atoms with Gasteiger partial charge in [-0.25, -0.2) is 9.48 Å². The molecule has 2 aromatic carbocycles. The first-order chi connectivity index (χ1) is 18.9. The van der Waals surface area contributed by atoms with E-state index in [0.29, 0.717) is 53.7 Å². The molecule has 0 saturated heterocycles. The summed E-state index contributed by atoms with van der Waals surface area (Å²) in [7, 11) is 0. The van der Waals surface area contributed by atoms with Gasteiger partial charge in [0.25, 0.3) is 0 Å². The molecular weight excluding hydrogens is 512 g/mol. The number of hydrogen-bond acceptors (Lipinski definition) is 8. The first kappa shape index (κ1) is 28.5. The van der Waals surface area contributed by atoms with Gasteiger partial charge in [0.05, 0.1) is 18.8 Å². The van der Waals surface area contributed by atoms with Gasteiger partial charge in [-0.15, -0.1) is 5.10 Å². The van der Waals surface area contributed by atoms with E-state index in [4.69, 9.17) is 24.3 Å². The summed E-state index contributed by atoms with van der Waals surface area (Å²) in [6.45, 7) is 11.3. The van der Waals surface area contributed by atoms with Crippen LogP contribution in [0.5, 0.6) is 11.5 Å².